The molecule has 0 unspecified atom stereocenters. The Labute approximate surface area is 162 Å². The fourth-order valence-corrected chi connectivity index (χ4v) is 2.39. The highest BCUT2D eigenvalue weighted by Crippen LogP contribution is 2.24. The summed E-state index contributed by atoms with van der Waals surface area (Å²) in [4.78, 5) is 8.32. The Bertz CT molecular complexity index is 788. The van der Waals surface area contributed by atoms with E-state index >= 15 is 0 Å². The zero-order valence-electron chi connectivity index (χ0n) is 15.6. The zero-order chi connectivity index (χ0) is 20.0. The van der Waals surface area contributed by atoms with Crippen molar-refractivity contribution < 1.29 is 17.9 Å². The molecule has 9 heteroatoms. The quantitative estimate of drug-likeness (QED) is 0.564. The van der Waals surface area contributed by atoms with Gasteiger partial charge in [-0.3, -0.25) is 4.99 Å². The molecule has 0 saturated carbocycles. The van der Waals surface area contributed by atoms with Crippen LogP contribution in [0.2, 0.25) is 5.02 Å². The summed E-state index contributed by atoms with van der Waals surface area (Å²) in [5.74, 6) is 1.82. The molecule has 6 nitrogen and oxygen atoms in total. The Morgan fingerprint density at radius 3 is 2.59 bits per heavy atom. The van der Waals surface area contributed by atoms with Crippen LogP contribution in [-0.4, -0.2) is 24.6 Å². The fraction of sp³-hybridized carbons (Fsp3) is 0.444. The number of oxazole rings is 1. The smallest absolute Gasteiger partial charge is 0.387 e. The van der Waals surface area contributed by atoms with Crippen LogP contribution in [-0.2, 0) is 18.5 Å². The first-order valence-corrected chi connectivity index (χ1v) is 8.70. The van der Waals surface area contributed by atoms with Gasteiger partial charge in [-0.1, -0.05) is 32.4 Å². The molecule has 0 atom stereocenters. The summed E-state index contributed by atoms with van der Waals surface area (Å²) in [5.41, 5.74) is 0.357. The largest absolute Gasteiger partial charge is 0.443 e. The average Bonchev–Trinajstić information content (AvgIpc) is 3.06. The highest BCUT2D eigenvalue weighted by Gasteiger charge is 2.19. The molecular weight excluding hydrogens is 378 g/mol. The summed E-state index contributed by atoms with van der Waals surface area (Å²) in [7, 11) is 1.60. The molecule has 0 spiro atoms. The molecule has 148 valence electrons. The average molecular weight is 401 g/mol. The van der Waals surface area contributed by atoms with Crippen LogP contribution in [0.3, 0.4) is 0 Å². The topological polar surface area (TPSA) is 71.7 Å². The van der Waals surface area contributed by atoms with E-state index in [1.165, 1.54) is 12.1 Å². The number of guanidine groups is 1. The van der Waals surface area contributed by atoms with Crippen molar-refractivity contribution in [2.45, 2.75) is 45.9 Å². The van der Waals surface area contributed by atoms with Gasteiger partial charge in [0, 0.05) is 29.6 Å². The number of alkyl halides is 2. The maximum absolute atomic E-state index is 12.5. The van der Waals surface area contributed by atoms with E-state index in [1.54, 1.807) is 19.3 Å². The molecule has 0 amide bonds. The van der Waals surface area contributed by atoms with Crippen LogP contribution in [0.4, 0.5) is 8.78 Å². The number of benzene rings is 1. The van der Waals surface area contributed by atoms with Gasteiger partial charge in [0.2, 0.25) is 5.89 Å². The van der Waals surface area contributed by atoms with Gasteiger partial charge in [0.25, 0.3) is 0 Å². The van der Waals surface area contributed by atoms with Crippen LogP contribution >= 0.6 is 11.6 Å². The second-order valence-electron chi connectivity index (χ2n) is 6.78. The fourth-order valence-electron chi connectivity index (χ4n) is 2.19. The van der Waals surface area contributed by atoms with Crippen molar-refractivity contribution in [3.05, 3.63) is 46.6 Å². The van der Waals surface area contributed by atoms with Gasteiger partial charge in [-0.2, -0.15) is 8.78 Å². The van der Waals surface area contributed by atoms with Crippen LogP contribution in [0.15, 0.2) is 33.8 Å². The van der Waals surface area contributed by atoms with Gasteiger partial charge in [0.1, 0.15) is 11.5 Å². The van der Waals surface area contributed by atoms with Gasteiger partial charge in [-0.05, 0) is 18.2 Å². The molecule has 1 aromatic heterocycles. The van der Waals surface area contributed by atoms with E-state index in [9.17, 15) is 8.78 Å². The molecule has 1 aromatic carbocycles. The Hall–Kier alpha value is -2.35. The van der Waals surface area contributed by atoms with Crippen molar-refractivity contribution in [3.63, 3.8) is 0 Å². The Balaban J connectivity index is 1.96. The number of halogens is 3. The minimum atomic E-state index is -2.91. The molecule has 2 aromatic rings. The van der Waals surface area contributed by atoms with Crippen molar-refractivity contribution in [3.8, 4) is 5.75 Å². The van der Waals surface area contributed by atoms with Gasteiger partial charge < -0.3 is 19.8 Å². The summed E-state index contributed by atoms with van der Waals surface area (Å²) in [6, 6.07) is 4.46. The maximum atomic E-state index is 12.5. The summed E-state index contributed by atoms with van der Waals surface area (Å²) in [5, 5.41) is 6.50. The minimum Gasteiger partial charge on any atom is -0.443 e. The van der Waals surface area contributed by atoms with E-state index in [1.807, 2.05) is 20.8 Å². The van der Waals surface area contributed by atoms with E-state index in [2.05, 4.69) is 25.3 Å². The van der Waals surface area contributed by atoms with Crippen LogP contribution in [0.1, 0.15) is 38.0 Å². The number of nitrogens with one attached hydrogen (secondary N) is 2. The molecule has 0 aliphatic heterocycles. The van der Waals surface area contributed by atoms with Crippen molar-refractivity contribution in [2.75, 3.05) is 7.05 Å². The molecule has 0 aliphatic rings. The standard InChI is InChI=1S/C18H23ClF2N4O2/c1-18(2,3)14-9-23-15(27-14)10-25-17(22-4)24-8-11-7-12(19)5-6-13(11)26-16(20)21/h5-7,9,16H,8,10H2,1-4H3,(H2,22,24,25). The third-order valence-corrected chi connectivity index (χ3v) is 3.84. The molecule has 0 bridgehead atoms. The summed E-state index contributed by atoms with van der Waals surface area (Å²) in [6.45, 7) is 3.72. The number of aliphatic imine (C=N–C) groups is 1. The molecule has 2 rings (SSSR count). The Morgan fingerprint density at radius 2 is 2.00 bits per heavy atom. The molecule has 0 radical (unpaired) electrons. The Kier molecular flexibility index (Phi) is 7.01. The molecule has 0 saturated heterocycles. The van der Waals surface area contributed by atoms with Crippen molar-refractivity contribution in [1.29, 1.82) is 0 Å². The van der Waals surface area contributed by atoms with Crippen LogP contribution in [0.25, 0.3) is 0 Å². The summed E-state index contributed by atoms with van der Waals surface area (Å²) in [6.07, 6.45) is 1.70. The summed E-state index contributed by atoms with van der Waals surface area (Å²) >= 11 is 5.95. The lowest BCUT2D eigenvalue weighted by Gasteiger charge is -2.15. The second kappa shape index (κ2) is 9.03. The third-order valence-electron chi connectivity index (χ3n) is 3.61. The Morgan fingerprint density at radius 1 is 1.30 bits per heavy atom. The lowest BCUT2D eigenvalue weighted by molar-refractivity contribution is -0.0504. The number of hydrogen-bond donors (Lipinski definition) is 2. The molecular formula is C18H23ClF2N4O2. The zero-order valence-corrected chi connectivity index (χ0v) is 16.4. The molecule has 0 aliphatic carbocycles. The first-order chi connectivity index (χ1) is 12.7. The van der Waals surface area contributed by atoms with Crippen molar-refractivity contribution in [2.24, 2.45) is 4.99 Å². The van der Waals surface area contributed by atoms with E-state index in [0.29, 0.717) is 29.0 Å². The highest BCUT2D eigenvalue weighted by atomic mass is 35.5. The maximum Gasteiger partial charge on any atom is 0.387 e. The third kappa shape index (κ3) is 6.39. The van der Waals surface area contributed by atoms with Crippen LogP contribution in [0.5, 0.6) is 5.75 Å². The lowest BCUT2D eigenvalue weighted by Crippen LogP contribution is -2.36. The van der Waals surface area contributed by atoms with Gasteiger partial charge in [-0.25, -0.2) is 4.98 Å². The van der Waals surface area contributed by atoms with Gasteiger partial charge in [0.15, 0.2) is 5.96 Å². The summed E-state index contributed by atoms with van der Waals surface area (Å²) < 4.78 is 35.3. The van der Waals surface area contributed by atoms with Crippen molar-refractivity contribution >= 4 is 17.6 Å². The predicted molar refractivity (Wildman–Crippen MR) is 100 cm³/mol. The lowest BCUT2D eigenvalue weighted by atomic mass is 9.94. The number of nitrogens with zero attached hydrogens (tertiary/aromatic N) is 2. The van der Waals surface area contributed by atoms with E-state index in [-0.39, 0.29) is 17.7 Å². The predicted octanol–water partition coefficient (Wildman–Crippen LogP) is 4.09. The molecule has 1 heterocycles. The second-order valence-corrected chi connectivity index (χ2v) is 7.21. The highest BCUT2D eigenvalue weighted by molar-refractivity contribution is 6.30. The number of hydrogen-bond acceptors (Lipinski definition) is 4. The molecule has 0 fully saturated rings. The number of rotatable bonds is 6. The van der Waals surface area contributed by atoms with Gasteiger partial charge in [-0.15, -0.1) is 0 Å². The number of aromatic nitrogens is 1. The SMILES string of the molecule is CN=C(NCc1ncc(C(C)(C)C)o1)NCc1cc(Cl)ccc1OC(F)F. The van der Waals surface area contributed by atoms with E-state index in [0.717, 1.165) is 5.76 Å². The van der Waals surface area contributed by atoms with Gasteiger partial charge >= 0.3 is 6.61 Å². The van der Waals surface area contributed by atoms with Crippen LogP contribution in [0, 0.1) is 0 Å². The first kappa shape index (κ1) is 21.0. The molecule has 2 N–H and O–H groups in total. The molecule has 27 heavy (non-hydrogen) atoms. The van der Waals surface area contributed by atoms with Gasteiger partial charge in [0.05, 0.1) is 12.7 Å². The number of ether oxygens (including phenoxy) is 1. The van der Waals surface area contributed by atoms with E-state index in [4.69, 9.17) is 16.0 Å². The van der Waals surface area contributed by atoms with Crippen molar-refractivity contribution in [1.82, 2.24) is 15.6 Å². The monoisotopic (exact) mass is 400 g/mol. The minimum absolute atomic E-state index is 0.0554. The first-order valence-electron chi connectivity index (χ1n) is 8.32. The van der Waals surface area contributed by atoms with E-state index < -0.39 is 6.61 Å². The van der Waals surface area contributed by atoms with Crippen LogP contribution < -0.4 is 15.4 Å². The normalized spacial score (nSPS) is 12.4.